The van der Waals surface area contributed by atoms with Crippen molar-refractivity contribution in [2.24, 2.45) is 0 Å². The van der Waals surface area contributed by atoms with Crippen LogP contribution < -0.4 is 0 Å². The molecule has 3 aromatic carbocycles. The molecular weight excluding hydrogens is 340 g/mol. The van der Waals surface area contributed by atoms with Gasteiger partial charge in [-0.2, -0.15) is 0 Å². The lowest BCUT2D eigenvalue weighted by molar-refractivity contribution is 0.0785. The summed E-state index contributed by atoms with van der Waals surface area (Å²) in [4.78, 5) is 0. The monoisotopic (exact) mass is 372 g/mol. The van der Waals surface area contributed by atoms with Gasteiger partial charge >= 0.3 is 0 Å². The third-order valence-electron chi connectivity index (χ3n) is 5.67. The Kier molecular flexibility index (Phi) is 5.50. The van der Waals surface area contributed by atoms with Gasteiger partial charge in [0.25, 0.3) is 0 Å². The molecule has 28 heavy (non-hydrogen) atoms. The molecule has 0 heterocycles. The number of aryl methyl sites for hydroxylation is 3. The first kappa shape index (κ1) is 20.4. The minimum absolute atomic E-state index is 0.549. The van der Waals surface area contributed by atoms with Crippen LogP contribution in [0.25, 0.3) is 22.3 Å². The minimum Gasteiger partial charge on any atom is -0.386 e. The second-order valence-electron chi connectivity index (χ2n) is 8.84. The number of aliphatic hydroxyl groups is 1. The SMILES string of the molecule is Cc1cc(-c2ccc(C(C)C)c(C)c2)ccc1-c1ccc(C(C)(C)O)cc1C. The smallest absolute Gasteiger partial charge is 0.0840 e. The highest BCUT2D eigenvalue weighted by molar-refractivity contribution is 5.76. The van der Waals surface area contributed by atoms with E-state index in [9.17, 15) is 5.11 Å². The van der Waals surface area contributed by atoms with Crippen molar-refractivity contribution in [1.82, 2.24) is 0 Å². The van der Waals surface area contributed by atoms with Crippen molar-refractivity contribution in [3.8, 4) is 22.3 Å². The molecule has 0 saturated carbocycles. The fourth-order valence-corrected chi connectivity index (χ4v) is 3.99. The van der Waals surface area contributed by atoms with Crippen molar-refractivity contribution in [1.29, 1.82) is 0 Å². The molecule has 1 heteroatoms. The molecule has 3 rings (SSSR count). The minimum atomic E-state index is -0.817. The van der Waals surface area contributed by atoms with Crippen LogP contribution >= 0.6 is 0 Å². The molecule has 0 amide bonds. The van der Waals surface area contributed by atoms with Gasteiger partial charge in [0.2, 0.25) is 0 Å². The second-order valence-corrected chi connectivity index (χ2v) is 8.84. The molecule has 3 aromatic rings. The van der Waals surface area contributed by atoms with Crippen LogP contribution in [0, 0.1) is 20.8 Å². The van der Waals surface area contributed by atoms with Crippen molar-refractivity contribution in [2.75, 3.05) is 0 Å². The summed E-state index contributed by atoms with van der Waals surface area (Å²) in [7, 11) is 0. The first-order valence-corrected chi connectivity index (χ1v) is 10.1. The van der Waals surface area contributed by atoms with E-state index in [0.29, 0.717) is 5.92 Å². The summed E-state index contributed by atoms with van der Waals surface area (Å²) < 4.78 is 0. The molecular formula is C27H32O. The van der Waals surface area contributed by atoms with Gasteiger partial charge in [0.1, 0.15) is 0 Å². The van der Waals surface area contributed by atoms with Gasteiger partial charge in [0, 0.05) is 0 Å². The molecule has 0 aliphatic heterocycles. The van der Waals surface area contributed by atoms with Crippen LogP contribution in [0.15, 0.2) is 54.6 Å². The Morgan fingerprint density at radius 2 is 1.18 bits per heavy atom. The normalized spacial score (nSPS) is 11.9. The first-order valence-electron chi connectivity index (χ1n) is 10.1. The fourth-order valence-electron chi connectivity index (χ4n) is 3.99. The van der Waals surface area contributed by atoms with E-state index >= 15 is 0 Å². The lowest BCUT2D eigenvalue weighted by Gasteiger charge is -2.20. The Balaban J connectivity index is 1.99. The zero-order valence-corrected chi connectivity index (χ0v) is 18.2. The van der Waals surface area contributed by atoms with Gasteiger partial charge < -0.3 is 5.11 Å². The van der Waals surface area contributed by atoms with E-state index in [1.807, 2.05) is 19.9 Å². The largest absolute Gasteiger partial charge is 0.386 e. The maximum absolute atomic E-state index is 10.3. The summed E-state index contributed by atoms with van der Waals surface area (Å²) >= 11 is 0. The first-order chi connectivity index (χ1) is 13.1. The van der Waals surface area contributed by atoms with Crippen LogP contribution in [-0.4, -0.2) is 5.11 Å². The topological polar surface area (TPSA) is 20.2 Å². The maximum atomic E-state index is 10.3. The van der Waals surface area contributed by atoms with E-state index in [0.717, 1.165) is 5.56 Å². The van der Waals surface area contributed by atoms with Crippen molar-refractivity contribution in [3.05, 3.63) is 82.4 Å². The van der Waals surface area contributed by atoms with Gasteiger partial charge in [-0.15, -0.1) is 0 Å². The predicted octanol–water partition coefficient (Wildman–Crippen LogP) is 7.30. The Labute approximate surface area is 170 Å². The van der Waals surface area contributed by atoms with Gasteiger partial charge in [-0.1, -0.05) is 68.4 Å². The van der Waals surface area contributed by atoms with E-state index in [2.05, 4.69) is 83.1 Å². The Morgan fingerprint density at radius 3 is 1.64 bits per heavy atom. The highest BCUT2D eigenvalue weighted by Crippen LogP contribution is 2.33. The lowest BCUT2D eigenvalue weighted by Crippen LogP contribution is -2.15. The molecule has 0 spiro atoms. The number of rotatable bonds is 4. The molecule has 0 saturated heterocycles. The molecule has 0 aliphatic carbocycles. The van der Waals surface area contributed by atoms with Crippen LogP contribution in [0.5, 0.6) is 0 Å². The van der Waals surface area contributed by atoms with Crippen molar-refractivity contribution in [2.45, 2.75) is 60.0 Å². The summed E-state index contributed by atoms with van der Waals surface area (Å²) in [6.07, 6.45) is 0. The average Bonchev–Trinajstić information content (AvgIpc) is 2.60. The molecule has 0 aromatic heterocycles. The number of hydrogen-bond acceptors (Lipinski definition) is 1. The van der Waals surface area contributed by atoms with Gasteiger partial charge in [-0.05, 0) is 90.6 Å². The van der Waals surface area contributed by atoms with Gasteiger partial charge in [0.05, 0.1) is 5.60 Å². The zero-order valence-electron chi connectivity index (χ0n) is 18.2. The van der Waals surface area contributed by atoms with Gasteiger partial charge in [-0.3, -0.25) is 0 Å². The van der Waals surface area contributed by atoms with Crippen molar-refractivity contribution in [3.63, 3.8) is 0 Å². The number of benzene rings is 3. The van der Waals surface area contributed by atoms with Crippen molar-refractivity contribution < 1.29 is 5.11 Å². The summed E-state index contributed by atoms with van der Waals surface area (Å²) in [5, 5.41) is 10.3. The number of hydrogen-bond donors (Lipinski definition) is 1. The quantitative estimate of drug-likeness (QED) is 0.509. The fraction of sp³-hybridized carbons (Fsp3) is 0.333. The lowest BCUT2D eigenvalue weighted by atomic mass is 9.89. The van der Waals surface area contributed by atoms with Crippen LogP contribution in [0.4, 0.5) is 0 Å². The van der Waals surface area contributed by atoms with E-state index in [-0.39, 0.29) is 0 Å². The van der Waals surface area contributed by atoms with Gasteiger partial charge in [0.15, 0.2) is 0 Å². The van der Waals surface area contributed by atoms with Crippen LogP contribution in [0.3, 0.4) is 0 Å². The molecule has 146 valence electrons. The van der Waals surface area contributed by atoms with E-state index in [1.165, 1.54) is 44.5 Å². The van der Waals surface area contributed by atoms with Crippen molar-refractivity contribution >= 4 is 0 Å². The highest BCUT2D eigenvalue weighted by atomic mass is 16.3. The van der Waals surface area contributed by atoms with E-state index < -0.39 is 5.60 Å². The molecule has 0 fully saturated rings. The predicted molar refractivity (Wildman–Crippen MR) is 121 cm³/mol. The summed E-state index contributed by atoms with van der Waals surface area (Å²) in [6.45, 7) is 14.6. The molecule has 0 radical (unpaired) electrons. The zero-order chi connectivity index (χ0) is 20.6. The standard InChI is InChI=1S/C27H32O/c1-17(2)24-11-8-21(14-18(24)3)22-9-12-25(19(4)15-22)26-13-10-23(16-20(26)5)27(6,7)28/h8-17,28H,1-7H3. The highest BCUT2D eigenvalue weighted by Gasteiger charge is 2.17. The second kappa shape index (κ2) is 7.56. The van der Waals surface area contributed by atoms with Crippen LogP contribution in [0.2, 0.25) is 0 Å². The molecule has 0 bridgehead atoms. The van der Waals surface area contributed by atoms with Crippen LogP contribution in [-0.2, 0) is 5.60 Å². The van der Waals surface area contributed by atoms with Gasteiger partial charge in [-0.25, -0.2) is 0 Å². The Bertz CT molecular complexity index is 1000. The third-order valence-corrected chi connectivity index (χ3v) is 5.67. The van der Waals surface area contributed by atoms with E-state index in [4.69, 9.17) is 0 Å². The third kappa shape index (κ3) is 4.05. The molecule has 0 atom stereocenters. The molecule has 1 nitrogen and oxygen atoms in total. The summed E-state index contributed by atoms with van der Waals surface area (Å²) in [6, 6.07) is 19.8. The summed E-state index contributed by atoms with van der Waals surface area (Å²) in [5.41, 5.74) is 10.4. The molecule has 0 aliphatic rings. The Hall–Kier alpha value is -2.38. The van der Waals surface area contributed by atoms with E-state index in [1.54, 1.807) is 0 Å². The summed E-state index contributed by atoms with van der Waals surface area (Å²) in [5.74, 6) is 0.549. The molecule has 0 unspecified atom stereocenters. The van der Waals surface area contributed by atoms with Crippen LogP contribution in [0.1, 0.15) is 61.4 Å². The Morgan fingerprint density at radius 1 is 0.679 bits per heavy atom. The average molecular weight is 373 g/mol. The molecule has 1 N–H and O–H groups in total. The maximum Gasteiger partial charge on any atom is 0.0840 e.